The summed E-state index contributed by atoms with van der Waals surface area (Å²) in [6.07, 6.45) is 3.92. The molecule has 0 radical (unpaired) electrons. The van der Waals surface area contributed by atoms with Crippen LogP contribution in [0.3, 0.4) is 0 Å². The van der Waals surface area contributed by atoms with E-state index < -0.39 is 0 Å². The maximum Gasteiger partial charge on any atom is 0.134 e. The largest absolute Gasteiger partial charge is 0.460 e. The van der Waals surface area contributed by atoms with Crippen molar-refractivity contribution in [2.45, 2.75) is 20.0 Å². The molecule has 0 atom stereocenters. The summed E-state index contributed by atoms with van der Waals surface area (Å²) in [7, 11) is 0. The number of hydrogen-bond donors (Lipinski definition) is 1. The molecule has 0 bridgehead atoms. The van der Waals surface area contributed by atoms with Gasteiger partial charge >= 0.3 is 0 Å². The molecule has 0 saturated carbocycles. The van der Waals surface area contributed by atoms with E-state index in [9.17, 15) is 0 Å². The third kappa shape index (κ3) is 2.85. The van der Waals surface area contributed by atoms with Gasteiger partial charge in [0.1, 0.15) is 11.3 Å². The molecule has 2 aromatic heterocycles. The molecule has 0 aliphatic heterocycles. The van der Waals surface area contributed by atoms with Gasteiger partial charge in [-0.1, -0.05) is 18.2 Å². The summed E-state index contributed by atoms with van der Waals surface area (Å²) in [6, 6.07) is 10.2. The Balaban J connectivity index is 1.52. The molecule has 19 heavy (non-hydrogen) atoms. The summed E-state index contributed by atoms with van der Waals surface area (Å²) >= 11 is 0. The second-order valence-electron chi connectivity index (χ2n) is 4.71. The molecule has 0 aliphatic carbocycles. The van der Waals surface area contributed by atoms with Crippen LogP contribution in [0.25, 0.3) is 11.0 Å². The van der Waals surface area contributed by atoms with E-state index in [0.717, 1.165) is 36.4 Å². The predicted octanol–water partition coefficient (Wildman–Crippen LogP) is 2.73. The topological polar surface area (TPSA) is 43.0 Å². The van der Waals surface area contributed by atoms with Crippen LogP contribution in [0.2, 0.25) is 0 Å². The van der Waals surface area contributed by atoms with Gasteiger partial charge in [0.2, 0.25) is 0 Å². The fourth-order valence-corrected chi connectivity index (χ4v) is 2.12. The number of para-hydroxylation sites is 1. The Morgan fingerprint density at radius 2 is 2.21 bits per heavy atom. The summed E-state index contributed by atoms with van der Waals surface area (Å²) in [6.45, 7) is 4.53. The maximum absolute atomic E-state index is 5.74. The van der Waals surface area contributed by atoms with Crippen molar-refractivity contribution in [1.82, 2.24) is 15.1 Å². The molecular weight excluding hydrogens is 238 g/mol. The highest BCUT2D eigenvalue weighted by Crippen LogP contribution is 2.18. The van der Waals surface area contributed by atoms with Crippen molar-refractivity contribution in [2.24, 2.45) is 0 Å². The summed E-state index contributed by atoms with van der Waals surface area (Å²) < 4.78 is 7.68. The highest BCUT2D eigenvalue weighted by atomic mass is 16.3. The molecule has 0 saturated heterocycles. The van der Waals surface area contributed by atoms with Crippen LogP contribution in [0.15, 0.2) is 47.1 Å². The van der Waals surface area contributed by atoms with Crippen molar-refractivity contribution in [2.75, 3.05) is 6.54 Å². The van der Waals surface area contributed by atoms with E-state index >= 15 is 0 Å². The zero-order valence-corrected chi connectivity index (χ0v) is 11.0. The van der Waals surface area contributed by atoms with E-state index in [4.69, 9.17) is 4.42 Å². The van der Waals surface area contributed by atoms with Crippen molar-refractivity contribution in [1.29, 1.82) is 0 Å². The van der Waals surface area contributed by atoms with Gasteiger partial charge in [0, 0.05) is 18.1 Å². The summed E-state index contributed by atoms with van der Waals surface area (Å²) in [4.78, 5) is 0. The molecule has 4 nitrogen and oxygen atoms in total. The number of benzene rings is 1. The predicted molar refractivity (Wildman–Crippen MR) is 74.9 cm³/mol. The van der Waals surface area contributed by atoms with Crippen LogP contribution in [-0.4, -0.2) is 16.3 Å². The minimum Gasteiger partial charge on any atom is -0.460 e. The van der Waals surface area contributed by atoms with Gasteiger partial charge in [-0.15, -0.1) is 0 Å². The van der Waals surface area contributed by atoms with Crippen LogP contribution in [0.1, 0.15) is 11.3 Å². The zero-order valence-electron chi connectivity index (χ0n) is 11.0. The van der Waals surface area contributed by atoms with Crippen molar-refractivity contribution >= 4 is 11.0 Å². The Kier molecular flexibility index (Phi) is 3.33. The standard InChI is InChI=1S/C15H17N3O/c1-12-9-17-18(11-12)7-6-16-10-14-8-13-4-2-3-5-15(13)19-14/h2-5,8-9,11,16H,6-7,10H2,1H3. The minimum atomic E-state index is 0.745. The molecule has 98 valence electrons. The van der Waals surface area contributed by atoms with E-state index in [1.54, 1.807) is 0 Å². The van der Waals surface area contributed by atoms with E-state index in [-0.39, 0.29) is 0 Å². The number of hydrogen-bond acceptors (Lipinski definition) is 3. The van der Waals surface area contributed by atoms with E-state index in [1.807, 2.05) is 42.2 Å². The first-order valence-corrected chi connectivity index (χ1v) is 6.48. The van der Waals surface area contributed by atoms with Gasteiger partial charge in [0.25, 0.3) is 0 Å². The highest BCUT2D eigenvalue weighted by Gasteiger charge is 2.02. The fourth-order valence-electron chi connectivity index (χ4n) is 2.12. The smallest absolute Gasteiger partial charge is 0.134 e. The number of aromatic nitrogens is 2. The minimum absolute atomic E-state index is 0.745. The first-order valence-electron chi connectivity index (χ1n) is 6.48. The Bertz CT molecular complexity index is 636. The molecule has 0 amide bonds. The van der Waals surface area contributed by atoms with Crippen molar-refractivity contribution in [3.05, 3.63) is 54.0 Å². The Labute approximate surface area is 112 Å². The second-order valence-corrected chi connectivity index (χ2v) is 4.71. The Morgan fingerprint density at radius 3 is 3.00 bits per heavy atom. The van der Waals surface area contributed by atoms with Gasteiger partial charge in [-0.25, -0.2) is 0 Å². The number of fused-ring (bicyclic) bond motifs is 1. The highest BCUT2D eigenvalue weighted by molar-refractivity contribution is 5.77. The van der Waals surface area contributed by atoms with Gasteiger partial charge < -0.3 is 9.73 Å². The molecule has 1 aromatic carbocycles. The monoisotopic (exact) mass is 255 g/mol. The first kappa shape index (κ1) is 12.0. The van der Waals surface area contributed by atoms with Crippen LogP contribution >= 0.6 is 0 Å². The summed E-state index contributed by atoms with van der Waals surface area (Å²) in [5, 5.41) is 8.77. The normalized spacial score (nSPS) is 11.2. The molecule has 3 aromatic rings. The van der Waals surface area contributed by atoms with Crippen LogP contribution in [-0.2, 0) is 13.1 Å². The number of nitrogens with zero attached hydrogens (tertiary/aromatic N) is 2. The Hall–Kier alpha value is -2.07. The van der Waals surface area contributed by atoms with Gasteiger partial charge in [-0.05, 0) is 24.6 Å². The van der Waals surface area contributed by atoms with Crippen molar-refractivity contribution < 1.29 is 4.42 Å². The van der Waals surface area contributed by atoms with Gasteiger partial charge in [-0.3, -0.25) is 4.68 Å². The molecule has 2 heterocycles. The number of furan rings is 1. The lowest BCUT2D eigenvalue weighted by molar-refractivity contribution is 0.492. The van der Waals surface area contributed by atoms with E-state index in [0.29, 0.717) is 0 Å². The lowest BCUT2D eigenvalue weighted by Gasteiger charge is -2.02. The van der Waals surface area contributed by atoms with Gasteiger partial charge in [0.15, 0.2) is 0 Å². The molecule has 4 heteroatoms. The van der Waals surface area contributed by atoms with Crippen LogP contribution in [0.4, 0.5) is 0 Å². The average molecular weight is 255 g/mol. The van der Waals surface area contributed by atoms with Gasteiger partial charge in [0.05, 0.1) is 19.3 Å². The fraction of sp³-hybridized carbons (Fsp3) is 0.267. The van der Waals surface area contributed by atoms with Crippen molar-refractivity contribution in [3.63, 3.8) is 0 Å². The zero-order chi connectivity index (χ0) is 13.1. The van der Waals surface area contributed by atoms with E-state index in [2.05, 4.69) is 22.5 Å². The molecule has 1 N–H and O–H groups in total. The second kappa shape index (κ2) is 5.28. The maximum atomic E-state index is 5.74. The molecule has 0 aliphatic rings. The number of aryl methyl sites for hydroxylation is 1. The quantitative estimate of drug-likeness (QED) is 0.713. The Morgan fingerprint density at radius 1 is 1.32 bits per heavy atom. The number of rotatable bonds is 5. The van der Waals surface area contributed by atoms with Crippen LogP contribution in [0.5, 0.6) is 0 Å². The summed E-state index contributed by atoms with van der Waals surface area (Å²) in [5.41, 5.74) is 2.14. The molecule has 0 fully saturated rings. The molecule has 0 spiro atoms. The van der Waals surface area contributed by atoms with Crippen LogP contribution < -0.4 is 5.32 Å². The molecule has 3 rings (SSSR count). The molecule has 0 unspecified atom stereocenters. The van der Waals surface area contributed by atoms with Gasteiger partial charge in [-0.2, -0.15) is 5.10 Å². The van der Waals surface area contributed by atoms with Crippen LogP contribution in [0, 0.1) is 6.92 Å². The SMILES string of the molecule is Cc1cnn(CCNCc2cc3ccccc3o2)c1. The lowest BCUT2D eigenvalue weighted by Crippen LogP contribution is -2.19. The average Bonchev–Trinajstić information content (AvgIpc) is 3.00. The first-order chi connectivity index (χ1) is 9.31. The third-order valence-corrected chi connectivity index (χ3v) is 3.06. The van der Waals surface area contributed by atoms with E-state index in [1.165, 1.54) is 5.56 Å². The molecular formula is C15H17N3O. The third-order valence-electron chi connectivity index (χ3n) is 3.06. The summed E-state index contributed by atoms with van der Waals surface area (Å²) in [5.74, 6) is 0.970. The lowest BCUT2D eigenvalue weighted by atomic mass is 10.2. The number of nitrogens with one attached hydrogen (secondary N) is 1. The van der Waals surface area contributed by atoms with Crippen molar-refractivity contribution in [3.8, 4) is 0 Å².